The highest BCUT2D eigenvalue weighted by Gasteiger charge is 2.31. The molecule has 0 aliphatic carbocycles. The summed E-state index contributed by atoms with van der Waals surface area (Å²) >= 11 is 0. The number of nitrogens with two attached hydrogens (primary N) is 1. The summed E-state index contributed by atoms with van der Waals surface area (Å²) in [5.74, 6) is 3.02. The van der Waals surface area contributed by atoms with Crippen molar-refractivity contribution >= 4 is 16.7 Å². The molecule has 0 amide bonds. The Morgan fingerprint density at radius 3 is 2.89 bits per heavy atom. The van der Waals surface area contributed by atoms with Crippen molar-refractivity contribution in [1.29, 1.82) is 0 Å². The van der Waals surface area contributed by atoms with Crippen molar-refractivity contribution in [3.8, 4) is 0 Å². The first kappa shape index (κ1) is 18.8. The molecule has 0 spiro atoms. The van der Waals surface area contributed by atoms with Gasteiger partial charge in [-0.15, -0.1) is 0 Å². The van der Waals surface area contributed by atoms with Crippen molar-refractivity contribution in [1.82, 2.24) is 20.1 Å². The average molecular weight is 382 g/mol. The number of hydrogen-bond donors (Lipinski definition) is 1. The number of ether oxygens (including phenoxy) is 1. The van der Waals surface area contributed by atoms with Gasteiger partial charge >= 0.3 is 0 Å². The Balaban J connectivity index is 1.72. The quantitative estimate of drug-likeness (QED) is 0.664. The van der Waals surface area contributed by atoms with E-state index in [1.807, 2.05) is 18.2 Å². The maximum atomic E-state index is 5.76. The van der Waals surface area contributed by atoms with Crippen LogP contribution in [0, 0.1) is 0 Å². The van der Waals surface area contributed by atoms with Gasteiger partial charge in [-0.3, -0.25) is 0 Å². The lowest BCUT2D eigenvalue weighted by atomic mass is 10.0. The van der Waals surface area contributed by atoms with Crippen molar-refractivity contribution in [2.45, 2.75) is 38.1 Å². The summed E-state index contributed by atoms with van der Waals surface area (Å²) in [6.45, 7) is 1.99. The molecule has 3 heterocycles. The number of para-hydroxylation sites is 1. The van der Waals surface area contributed by atoms with Gasteiger partial charge < -0.3 is 19.9 Å². The molecule has 1 aliphatic heterocycles. The summed E-state index contributed by atoms with van der Waals surface area (Å²) in [6, 6.07) is 8.13. The van der Waals surface area contributed by atoms with E-state index >= 15 is 0 Å². The highest BCUT2D eigenvalue weighted by molar-refractivity contribution is 5.89. The molecule has 28 heavy (non-hydrogen) atoms. The van der Waals surface area contributed by atoms with Gasteiger partial charge in [-0.25, -0.2) is 9.97 Å². The Morgan fingerprint density at radius 2 is 2.04 bits per heavy atom. The standard InChI is InChI=1S/C20H26N6O2/c1-27-13-10-18-24-20(28-25-18)16-8-4-5-12-26(16)19-14-6-2-3-7-15(14)22-17(23-19)9-11-21/h2-3,6-7,16H,4-5,8-13,21H2,1H3. The second-order valence-electron chi connectivity index (χ2n) is 7.02. The largest absolute Gasteiger partial charge is 0.384 e. The molecule has 2 aromatic heterocycles. The smallest absolute Gasteiger partial charge is 0.249 e. The second-order valence-corrected chi connectivity index (χ2v) is 7.02. The monoisotopic (exact) mass is 382 g/mol. The van der Waals surface area contributed by atoms with Crippen molar-refractivity contribution in [2.75, 3.05) is 31.7 Å². The van der Waals surface area contributed by atoms with Gasteiger partial charge in [0.25, 0.3) is 0 Å². The summed E-state index contributed by atoms with van der Waals surface area (Å²) in [6.07, 6.45) is 4.47. The Labute approximate surface area is 164 Å². The van der Waals surface area contributed by atoms with Crippen LogP contribution in [0.1, 0.15) is 42.8 Å². The van der Waals surface area contributed by atoms with Crippen LogP contribution in [0.25, 0.3) is 10.9 Å². The molecule has 1 aliphatic rings. The Bertz CT molecular complexity index is 928. The predicted octanol–water partition coefficient (Wildman–Crippen LogP) is 2.43. The highest BCUT2D eigenvalue weighted by atomic mass is 16.5. The Kier molecular flexibility index (Phi) is 5.78. The molecule has 0 bridgehead atoms. The molecule has 1 fully saturated rings. The van der Waals surface area contributed by atoms with Crippen LogP contribution in [-0.2, 0) is 17.6 Å². The molecular formula is C20H26N6O2. The van der Waals surface area contributed by atoms with Crippen LogP contribution in [0.5, 0.6) is 0 Å². The third-order valence-corrected chi connectivity index (χ3v) is 5.07. The molecule has 3 aromatic rings. The van der Waals surface area contributed by atoms with Crippen LogP contribution in [-0.4, -0.2) is 46.9 Å². The number of hydrogen-bond acceptors (Lipinski definition) is 8. The highest BCUT2D eigenvalue weighted by Crippen LogP contribution is 2.36. The van der Waals surface area contributed by atoms with Crippen LogP contribution in [0.2, 0.25) is 0 Å². The first-order valence-electron chi connectivity index (χ1n) is 9.84. The van der Waals surface area contributed by atoms with Gasteiger partial charge in [-0.05, 0) is 37.9 Å². The van der Waals surface area contributed by atoms with Gasteiger partial charge in [0.2, 0.25) is 5.89 Å². The van der Waals surface area contributed by atoms with Crippen molar-refractivity contribution in [2.24, 2.45) is 5.73 Å². The summed E-state index contributed by atoms with van der Waals surface area (Å²) in [4.78, 5) is 16.5. The Morgan fingerprint density at radius 1 is 1.14 bits per heavy atom. The number of piperidine rings is 1. The number of aromatic nitrogens is 4. The minimum absolute atomic E-state index is 0.0153. The average Bonchev–Trinajstić information content (AvgIpc) is 3.21. The fourth-order valence-corrected chi connectivity index (χ4v) is 3.71. The van der Waals surface area contributed by atoms with Gasteiger partial charge in [0, 0.05) is 31.9 Å². The van der Waals surface area contributed by atoms with E-state index in [-0.39, 0.29) is 6.04 Å². The van der Waals surface area contributed by atoms with Crippen LogP contribution in [0.4, 0.5) is 5.82 Å². The van der Waals surface area contributed by atoms with Gasteiger partial charge in [-0.1, -0.05) is 17.3 Å². The lowest BCUT2D eigenvalue weighted by molar-refractivity contribution is 0.199. The zero-order valence-corrected chi connectivity index (χ0v) is 16.2. The zero-order chi connectivity index (χ0) is 19.3. The zero-order valence-electron chi connectivity index (χ0n) is 16.2. The molecule has 4 rings (SSSR count). The van der Waals surface area contributed by atoms with E-state index in [0.29, 0.717) is 37.7 Å². The number of methoxy groups -OCH3 is 1. The minimum atomic E-state index is 0.0153. The van der Waals surface area contributed by atoms with E-state index in [0.717, 1.165) is 48.4 Å². The maximum absolute atomic E-state index is 5.76. The molecule has 2 N–H and O–H groups in total. The summed E-state index contributed by atoms with van der Waals surface area (Å²) in [7, 11) is 1.67. The molecule has 1 atom stereocenters. The molecular weight excluding hydrogens is 356 g/mol. The van der Waals surface area contributed by atoms with Crippen LogP contribution >= 0.6 is 0 Å². The molecule has 8 nitrogen and oxygen atoms in total. The summed E-state index contributed by atoms with van der Waals surface area (Å²) < 4.78 is 10.7. The maximum Gasteiger partial charge on any atom is 0.249 e. The molecule has 8 heteroatoms. The van der Waals surface area contributed by atoms with E-state index in [2.05, 4.69) is 26.1 Å². The fraction of sp³-hybridized carbons (Fsp3) is 0.500. The number of rotatable bonds is 7. The lowest BCUT2D eigenvalue weighted by Gasteiger charge is -2.35. The van der Waals surface area contributed by atoms with Crippen molar-refractivity contribution in [3.63, 3.8) is 0 Å². The molecule has 148 valence electrons. The van der Waals surface area contributed by atoms with E-state index in [1.165, 1.54) is 0 Å². The van der Waals surface area contributed by atoms with Crippen LogP contribution in [0.3, 0.4) is 0 Å². The number of benzene rings is 1. The summed E-state index contributed by atoms with van der Waals surface area (Å²) in [5.41, 5.74) is 6.69. The third-order valence-electron chi connectivity index (χ3n) is 5.07. The minimum Gasteiger partial charge on any atom is -0.384 e. The number of anilines is 1. The second kappa shape index (κ2) is 8.62. The normalized spacial score (nSPS) is 17.4. The molecule has 0 saturated carbocycles. The first-order chi connectivity index (χ1) is 13.8. The lowest BCUT2D eigenvalue weighted by Crippen LogP contribution is -2.34. The Hall–Kier alpha value is -2.58. The number of nitrogens with zero attached hydrogens (tertiary/aromatic N) is 5. The van der Waals surface area contributed by atoms with Crippen LogP contribution in [0.15, 0.2) is 28.8 Å². The van der Waals surface area contributed by atoms with Gasteiger partial charge in [0.15, 0.2) is 5.82 Å². The third kappa shape index (κ3) is 3.83. The first-order valence-corrected chi connectivity index (χ1v) is 9.84. The van der Waals surface area contributed by atoms with E-state index < -0.39 is 0 Å². The number of fused-ring (bicyclic) bond motifs is 1. The van der Waals surface area contributed by atoms with E-state index in [9.17, 15) is 0 Å². The molecule has 0 radical (unpaired) electrons. The molecule has 1 saturated heterocycles. The van der Waals surface area contributed by atoms with Gasteiger partial charge in [0.1, 0.15) is 17.7 Å². The van der Waals surface area contributed by atoms with Crippen LogP contribution < -0.4 is 10.6 Å². The summed E-state index contributed by atoms with van der Waals surface area (Å²) in [5, 5.41) is 5.16. The van der Waals surface area contributed by atoms with Crippen molar-refractivity contribution < 1.29 is 9.26 Å². The van der Waals surface area contributed by atoms with E-state index in [4.69, 9.17) is 20.0 Å². The van der Waals surface area contributed by atoms with E-state index in [1.54, 1.807) is 7.11 Å². The van der Waals surface area contributed by atoms with Gasteiger partial charge in [-0.2, -0.15) is 4.98 Å². The predicted molar refractivity (Wildman–Crippen MR) is 106 cm³/mol. The van der Waals surface area contributed by atoms with Crippen molar-refractivity contribution in [3.05, 3.63) is 41.8 Å². The SMILES string of the molecule is COCCc1noc(C2CCCCN2c2nc(CCN)nc3ccccc23)n1. The molecule has 1 unspecified atom stereocenters. The fourth-order valence-electron chi connectivity index (χ4n) is 3.71. The molecule has 1 aromatic carbocycles. The topological polar surface area (TPSA) is 103 Å². The van der Waals surface area contributed by atoms with Gasteiger partial charge in [0.05, 0.1) is 12.1 Å².